The lowest BCUT2D eigenvalue weighted by Crippen LogP contribution is -2.20. The van der Waals surface area contributed by atoms with Gasteiger partial charge in [-0.15, -0.1) is 0 Å². The van der Waals surface area contributed by atoms with Crippen molar-refractivity contribution in [2.75, 3.05) is 19.6 Å². The predicted octanol–water partition coefficient (Wildman–Crippen LogP) is 1.67. The van der Waals surface area contributed by atoms with Crippen LogP contribution < -0.4 is 0 Å². The number of likely N-dealkylation sites (N-methyl/N-ethyl adjacent to an activating group) is 1. The highest BCUT2D eigenvalue weighted by Crippen LogP contribution is 2.26. The molecule has 1 aromatic heterocycles. The van der Waals surface area contributed by atoms with Crippen LogP contribution in [0.5, 0.6) is 0 Å². The molecule has 0 aliphatic carbocycles. The lowest BCUT2D eigenvalue weighted by molar-refractivity contribution is 0.351. The first kappa shape index (κ1) is 11.2. The van der Waals surface area contributed by atoms with Crippen molar-refractivity contribution in [3.05, 3.63) is 11.6 Å². The molecule has 3 rings (SSSR count). The minimum absolute atomic E-state index is 0.573. The summed E-state index contributed by atoms with van der Waals surface area (Å²) in [4.78, 5) is 7.25. The van der Waals surface area contributed by atoms with Crippen molar-refractivity contribution in [3.63, 3.8) is 0 Å². The van der Waals surface area contributed by atoms with Gasteiger partial charge in [-0.25, -0.2) is 9.67 Å². The molecule has 1 aromatic rings. The van der Waals surface area contributed by atoms with Crippen LogP contribution in [0.3, 0.4) is 0 Å². The molecule has 4 nitrogen and oxygen atoms in total. The Morgan fingerprint density at radius 1 is 1.29 bits per heavy atom. The number of aromatic nitrogens is 3. The summed E-state index contributed by atoms with van der Waals surface area (Å²) in [5.74, 6) is 3.65. The summed E-state index contributed by atoms with van der Waals surface area (Å²) in [6, 6.07) is 0. The fourth-order valence-corrected chi connectivity index (χ4v) is 2.99. The van der Waals surface area contributed by atoms with Crippen LogP contribution in [0.25, 0.3) is 0 Å². The number of nitrogens with zero attached hydrogens (tertiary/aromatic N) is 4. The largest absolute Gasteiger partial charge is 0.303 e. The Balaban J connectivity index is 1.76. The third-order valence-corrected chi connectivity index (χ3v) is 4.19. The fourth-order valence-electron chi connectivity index (χ4n) is 2.99. The lowest BCUT2D eigenvalue weighted by atomic mass is 10.0. The van der Waals surface area contributed by atoms with Gasteiger partial charge in [-0.1, -0.05) is 13.8 Å². The number of hydrogen-bond donors (Lipinski definition) is 0. The van der Waals surface area contributed by atoms with Gasteiger partial charge >= 0.3 is 0 Å². The van der Waals surface area contributed by atoms with Crippen molar-refractivity contribution in [1.82, 2.24) is 19.7 Å². The molecular weight excluding hydrogens is 212 g/mol. The Morgan fingerprint density at radius 3 is 2.94 bits per heavy atom. The van der Waals surface area contributed by atoms with Crippen LogP contribution in [0.15, 0.2) is 0 Å². The number of aryl methyl sites for hydroxylation is 1. The summed E-state index contributed by atoms with van der Waals surface area (Å²) >= 11 is 0. The molecule has 2 unspecified atom stereocenters. The van der Waals surface area contributed by atoms with E-state index in [0.717, 1.165) is 37.8 Å². The van der Waals surface area contributed by atoms with Crippen molar-refractivity contribution in [3.8, 4) is 0 Å². The van der Waals surface area contributed by atoms with Crippen LogP contribution in [0, 0.1) is 5.92 Å². The van der Waals surface area contributed by atoms with E-state index in [1.54, 1.807) is 0 Å². The van der Waals surface area contributed by atoms with Gasteiger partial charge in [-0.3, -0.25) is 0 Å². The van der Waals surface area contributed by atoms with Gasteiger partial charge < -0.3 is 4.90 Å². The average Bonchev–Trinajstić information content (AvgIpc) is 2.93. The number of hydrogen-bond acceptors (Lipinski definition) is 3. The maximum atomic E-state index is 4.76. The highest BCUT2D eigenvalue weighted by Gasteiger charge is 2.28. The maximum absolute atomic E-state index is 4.76. The first-order valence-electron chi connectivity index (χ1n) is 6.92. The monoisotopic (exact) mass is 234 g/mol. The Bertz CT molecular complexity index is 398. The Kier molecular flexibility index (Phi) is 2.90. The van der Waals surface area contributed by atoms with E-state index in [9.17, 15) is 0 Å². The second kappa shape index (κ2) is 4.41. The van der Waals surface area contributed by atoms with Crippen molar-refractivity contribution in [2.24, 2.45) is 5.92 Å². The van der Waals surface area contributed by atoms with Gasteiger partial charge in [0.05, 0.1) is 0 Å². The topological polar surface area (TPSA) is 34.0 Å². The maximum Gasteiger partial charge on any atom is 0.155 e. The van der Waals surface area contributed by atoms with Crippen LogP contribution in [-0.2, 0) is 13.0 Å². The molecule has 2 atom stereocenters. The third-order valence-electron chi connectivity index (χ3n) is 4.19. The minimum atomic E-state index is 0.573. The third kappa shape index (κ3) is 2.10. The summed E-state index contributed by atoms with van der Waals surface area (Å²) in [7, 11) is 0. The molecule has 2 aliphatic heterocycles. The molecule has 2 aliphatic rings. The summed E-state index contributed by atoms with van der Waals surface area (Å²) in [6.45, 7) is 9.11. The van der Waals surface area contributed by atoms with Gasteiger partial charge in [0.25, 0.3) is 0 Å². The molecule has 0 saturated carbocycles. The zero-order chi connectivity index (χ0) is 11.8. The zero-order valence-corrected chi connectivity index (χ0v) is 10.9. The Labute approximate surface area is 103 Å². The van der Waals surface area contributed by atoms with Crippen LogP contribution in [0.1, 0.15) is 44.3 Å². The second-order valence-corrected chi connectivity index (χ2v) is 5.59. The average molecular weight is 234 g/mol. The molecule has 0 bridgehead atoms. The molecule has 3 heterocycles. The normalized spacial score (nSPS) is 29.5. The van der Waals surface area contributed by atoms with Gasteiger partial charge in [-0.2, -0.15) is 5.10 Å². The van der Waals surface area contributed by atoms with Gasteiger partial charge in [0.15, 0.2) is 5.82 Å². The zero-order valence-electron chi connectivity index (χ0n) is 10.9. The number of likely N-dealkylation sites (tertiary alicyclic amines) is 1. The van der Waals surface area contributed by atoms with Crippen molar-refractivity contribution >= 4 is 0 Å². The Morgan fingerprint density at radius 2 is 2.18 bits per heavy atom. The van der Waals surface area contributed by atoms with Gasteiger partial charge in [0, 0.05) is 25.4 Å². The van der Waals surface area contributed by atoms with E-state index < -0.39 is 0 Å². The lowest BCUT2D eigenvalue weighted by Gasteiger charge is -2.17. The molecule has 4 heteroatoms. The van der Waals surface area contributed by atoms with E-state index in [2.05, 4.69) is 23.4 Å². The second-order valence-electron chi connectivity index (χ2n) is 5.59. The van der Waals surface area contributed by atoms with E-state index in [-0.39, 0.29) is 0 Å². The van der Waals surface area contributed by atoms with Gasteiger partial charge in [0.1, 0.15) is 5.82 Å². The van der Waals surface area contributed by atoms with Crippen LogP contribution in [0.4, 0.5) is 0 Å². The first-order chi connectivity index (χ1) is 8.26. The predicted molar refractivity (Wildman–Crippen MR) is 67.0 cm³/mol. The molecule has 0 radical (unpaired) electrons. The molecule has 0 N–H and O–H groups in total. The van der Waals surface area contributed by atoms with Crippen LogP contribution >= 0.6 is 0 Å². The van der Waals surface area contributed by atoms with Gasteiger partial charge in [-0.05, 0) is 31.8 Å². The first-order valence-corrected chi connectivity index (χ1v) is 6.92. The minimum Gasteiger partial charge on any atom is -0.303 e. The van der Waals surface area contributed by atoms with E-state index in [4.69, 9.17) is 10.1 Å². The van der Waals surface area contributed by atoms with E-state index >= 15 is 0 Å². The Hall–Kier alpha value is -0.900. The van der Waals surface area contributed by atoms with Crippen LogP contribution in [-0.4, -0.2) is 39.3 Å². The summed E-state index contributed by atoms with van der Waals surface area (Å²) in [6.07, 6.45) is 3.61. The SMILES string of the molecule is CCN1CCC(c2nc3n(n2)CC(C)CC3)C1. The van der Waals surface area contributed by atoms with Crippen molar-refractivity contribution < 1.29 is 0 Å². The molecule has 0 aromatic carbocycles. The van der Waals surface area contributed by atoms with E-state index in [1.165, 1.54) is 25.2 Å². The highest BCUT2D eigenvalue weighted by atomic mass is 15.4. The highest BCUT2D eigenvalue weighted by molar-refractivity contribution is 5.04. The van der Waals surface area contributed by atoms with Crippen molar-refractivity contribution in [2.45, 2.75) is 45.6 Å². The summed E-state index contributed by atoms with van der Waals surface area (Å²) in [5.41, 5.74) is 0. The van der Waals surface area contributed by atoms with Crippen molar-refractivity contribution in [1.29, 1.82) is 0 Å². The fraction of sp³-hybridized carbons (Fsp3) is 0.846. The standard InChI is InChI=1S/C13H22N4/c1-3-16-7-6-11(9-16)13-14-12-5-4-10(2)8-17(12)15-13/h10-11H,3-9H2,1-2H3. The van der Waals surface area contributed by atoms with E-state index in [0.29, 0.717) is 5.92 Å². The summed E-state index contributed by atoms with van der Waals surface area (Å²) < 4.78 is 2.15. The molecule has 1 saturated heterocycles. The molecule has 1 fully saturated rings. The van der Waals surface area contributed by atoms with Gasteiger partial charge in [0.2, 0.25) is 0 Å². The quantitative estimate of drug-likeness (QED) is 0.780. The summed E-state index contributed by atoms with van der Waals surface area (Å²) in [5, 5.41) is 4.73. The molecule has 17 heavy (non-hydrogen) atoms. The number of fused-ring (bicyclic) bond motifs is 1. The van der Waals surface area contributed by atoms with Crippen LogP contribution in [0.2, 0.25) is 0 Å². The number of rotatable bonds is 2. The van der Waals surface area contributed by atoms with E-state index in [1.807, 2.05) is 0 Å². The molecular formula is C13H22N4. The smallest absolute Gasteiger partial charge is 0.155 e. The molecule has 0 amide bonds. The molecule has 0 spiro atoms. The molecule has 94 valence electrons.